The summed E-state index contributed by atoms with van der Waals surface area (Å²) in [6.07, 6.45) is 0. The number of rotatable bonds is 2. The molecule has 0 amide bonds. The lowest BCUT2D eigenvalue weighted by atomic mass is 9.99. The van der Waals surface area contributed by atoms with Crippen LogP contribution < -0.4 is 0 Å². The van der Waals surface area contributed by atoms with Gasteiger partial charge in [-0.2, -0.15) is 0 Å². The summed E-state index contributed by atoms with van der Waals surface area (Å²) in [7, 11) is 0. The van der Waals surface area contributed by atoms with Crippen LogP contribution in [0.4, 0.5) is 4.39 Å². The molecule has 2 rings (SSSR count). The van der Waals surface area contributed by atoms with Crippen molar-refractivity contribution in [2.75, 3.05) is 0 Å². The standard InChI is InChI=1S/C15H11ClFIO/c1-8-5-10(6-9(2)14(8)17)15(19)12-7-11(16)3-4-13(12)18/h3-7H,1-2H3. The molecule has 0 unspecified atom stereocenters. The predicted molar refractivity (Wildman–Crippen MR) is 83.5 cm³/mol. The Morgan fingerprint density at radius 3 is 2.32 bits per heavy atom. The zero-order chi connectivity index (χ0) is 14.2. The van der Waals surface area contributed by atoms with Crippen LogP contribution in [0.15, 0.2) is 30.3 Å². The zero-order valence-corrected chi connectivity index (χ0v) is 13.3. The fourth-order valence-corrected chi connectivity index (χ4v) is 2.66. The molecule has 0 heterocycles. The van der Waals surface area contributed by atoms with Gasteiger partial charge in [0.05, 0.1) is 0 Å². The van der Waals surface area contributed by atoms with Crippen LogP contribution in [0.3, 0.4) is 0 Å². The molecule has 0 saturated carbocycles. The van der Waals surface area contributed by atoms with Crippen molar-refractivity contribution in [2.24, 2.45) is 0 Å². The summed E-state index contributed by atoms with van der Waals surface area (Å²) in [4.78, 5) is 12.4. The lowest BCUT2D eigenvalue weighted by Crippen LogP contribution is -2.05. The monoisotopic (exact) mass is 388 g/mol. The van der Waals surface area contributed by atoms with Crippen LogP contribution in [0.25, 0.3) is 0 Å². The molecule has 0 aliphatic rings. The van der Waals surface area contributed by atoms with Crippen molar-refractivity contribution in [3.63, 3.8) is 0 Å². The number of carbonyl (C=O) groups is 1. The van der Waals surface area contributed by atoms with Crippen molar-refractivity contribution in [1.29, 1.82) is 0 Å². The van der Waals surface area contributed by atoms with Gasteiger partial charge in [-0.1, -0.05) is 11.6 Å². The summed E-state index contributed by atoms with van der Waals surface area (Å²) in [5.41, 5.74) is 1.97. The maximum absolute atomic E-state index is 13.6. The van der Waals surface area contributed by atoms with E-state index in [0.29, 0.717) is 27.3 Å². The van der Waals surface area contributed by atoms with Gasteiger partial charge in [0, 0.05) is 19.7 Å². The van der Waals surface area contributed by atoms with Crippen molar-refractivity contribution < 1.29 is 9.18 Å². The first kappa shape index (κ1) is 14.5. The van der Waals surface area contributed by atoms with Gasteiger partial charge in [-0.05, 0) is 77.9 Å². The zero-order valence-electron chi connectivity index (χ0n) is 10.4. The fraction of sp³-hybridized carbons (Fsp3) is 0.133. The topological polar surface area (TPSA) is 17.1 Å². The molecular weight excluding hydrogens is 378 g/mol. The predicted octanol–water partition coefficient (Wildman–Crippen LogP) is 4.93. The summed E-state index contributed by atoms with van der Waals surface area (Å²) in [5, 5.41) is 0.513. The van der Waals surface area contributed by atoms with E-state index in [1.54, 1.807) is 44.2 Å². The average molecular weight is 389 g/mol. The molecule has 2 aromatic rings. The van der Waals surface area contributed by atoms with Crippen LogP contribution in [0.5, 0.6) is 0 Å². The molecule has 0 spiro atoms. The quantitative estimate of drug-likeness (QED) is 0.526. The number of carbonyl (C=O) groups excluding carboxylic acids is 1. The Morgan fingerprint density at radius 2 is 1.74 bits per heavy atom. The van der Waals surface area contributed by atoms with Gasteiger partial charge >= 0.3 is 0 Å². The number of ketones is 1. The molecule has 0 fully saturated rings. The molecule has 0 saturated heterocycles. The molecule has 0 aromatic heterocycles. The third-order valence-electron chi connectivity index (χ3n) is 2.87. The fourth-order valence-electron chi connectivity index (χ4n) is 1.90. The highest BCUT2D eigenvalue weighted by molar-refractivity contribution is 14.1. The second-order valence-electron chi connectivity index (χ2n) is 4.38. The van der Waals surface area contributed by atoms with Gasteiger partial charge in [0.2, 0.25) is 0 Å². The maximum Gasteiger partial charge on any atom is 0.194 e. The second-order valence-corrected chi connectivity index (χ2v) is 5.98. The van der Waals surface area contributed by atoms with Gasteiger partial charge in [-0.25, -0.2) is 4.39 Å². The Hall–Kier alpha value is -0.940. The van der Waals surface area contributed by atoms with Crippen LogP contribution >= 0.6 is 34.2 Å². The highest BCUT2D eigenvalue weighted by atomic mass is 127. The van der Waals surface area contributed by atoms with E-state index < -0.39 is 0 Å². The normalized spacial score (nSPS) is 10.6. The third-order valence-corrected chi connectivity index (χ3v) is 4.05. The van der Waals surface area contributed by atoms with E-state index in [9.17, 15) is 9.18 Å². The Kier molecular flexibility index (Phi) is 4.26. The van der Waals surface area contributed by atoms with Crippen molar-refractivity contribution in [2.45, 2.75) is 13.8 Å². The molecule has 2 aromatic carbocycles. The first-order valence-electron chi connectivity index (χ1n) is 5.66. The van der Waals surface area contributed by atoms with Gasteiger partial charge in [0.15, 0.2) is 5.78 Å². The van der Waals surface area contributed by atoms with Gasteiger partial charge in [0.1, 0.15) is 5.82 Å². The molecule has 1 nitrogen and oxygen atoms in total. The van der Waals surface area contributed by atoms with Gasteiger partial charge < -0.3 is 0 Å². The lowest BCUT2D eigenvalue weighted by molar-refractivity contribution is 0.103. The molecule has 4 heteroatoms. The van der Waals surface area contributed by atoms with Crippen molar-refractivity contribution >= 4 is 40.0 Å². The minimum atomic E-state index is -0.266. The smallest absolute Gasteiger partial charge is 0.194 e. The lowest BCUT2D eigenvalue weighted by Gasteiger charge is -2.08. The van der Waals surface area contributed by atoms with Crippen LogP contribution in [0.1, 0.15) is 27.0 Å². The highest BCUT2D eigenvalue weighted by Crippen LogP contribution is 2.23. The summed E-state index contributed by atoms with van der Waals surface area (Å²) in [6, 6.07) is 8.31. The maximum atomic E-state index is 13.6. The summed E-state index contributed by atoms with van der Waals surface area (Å²) >= 11 is 8.01. The van der Waals surface area contributed by atoms with E-state index in [0.717, 1.165) is 3.57 Å². The minimum absolute atomic E-state index is 0.141. The summed E-state index contributed by atoms with van der Waals surface area (Å²) in [6.45, 7) is 3.31. The molecule has 0 N–H and O–H groups in total. The van der Waals surface area contributed by atoms with E-state index in [2.05, 4.69) is 22.6 Å². The molecular formula is C15H11ClFIO. The van der Waals surface area contributed by atoms with E-state index in [4.69, 9.17) is 11.6 Å². The van der Waals surface area contributed by atoms with E-state index in [-0.39, 0.29) is 11.6 Å². The number of aryl methyl sites for hydroxylation is 2. The van der Waals surface area contributed by atoms with Crippen molar-refractivity contribution in [3.05, 3.63) is 67.0 Å². The molecule has 0 atom stereocenters. The van der Waals surface area contributed by atoms with Crippen LogP contribution in [0, 0.1) is 23.2 Å². The van der Waals surface area contributed by atoms with Crippen molar-refractivity contribution in [3.8, 4) is 0 Å². The first-order chi connectivity index (χ1) is 8.90. The second kappa shape index (κ2) is 5.59. The van der Waals surface area contributed by atoms with Crippen LogP contribution in [-0.2, 0) is 0 Å². The SMILES string of the molecule is Cc1cc(C(=O)c2cc(Cl)ccc2I)cc(C)c1F. The number of benzene rings is 2. The largest absolute Gasteiger partial charge is 0.289 e. The van der Waals surface area contributed by atoms with Gasteiger partial charge in [0.25, 0.3) is 0 Å². The molecule has 0 aliphatic carbocycles. The first-order valence-corrected chi connectivity index (χ1v) is 7.12. The Balaban J connectivity index is 2.53. The molecule has 19 heavy (non-hydrogen) atoms. The average Bonchev–Trinajstić information content (AvgIpc) is 2.37. The number of hydrogen-bond acceptors (Lipinski definition) is 1. The Bertz CT molecular complexity index is 644. The Morgan fingerprint density at radius 1 is 1.16 bits per heavy atom. The van der Waals surface area contributed by atoms with Crippen LogP contribution in [-0.4, -0.2) is 5.78 Å². The number of halogens is 3. The minimum Gasteiger partial charge on any atom is -0.289 e. The molecule has 0 aliphatic heterocycles. The van der Waals surface area contributed by atoms with Crippen molar-refractivity contribution in [1.82, 2.24) is 0 Å². The van der Waals surface area contributed by atoms with E-state index in [1.807, 2.05) is 0 Å². The van der Waals surface area contributed by atoms with Gasteiger partial charge in [-0.15, -0.1) is 0 Å². The van der Waals surface area contributed by atoms with E-state index >= 15 is 0 Å². The number of hydrogen-bond donors (Lipinski definition) is 0. The highest BCUT2D eigenvalue weighted by Gasteiger charge is 2.15. The van der Waals surface area contributed by atoms with Gasteiger partial charge in [-0.3, -0.25) is 4.79 Å². The summed E-state index contributed by atoms with van der Waals surface area (Å²) in [5.74, 6) is -0.407. The van der Waals surface area contributed by atoms with Crippen LogP contribution in [0.2, 0.25) is 5.02 Å². The Labute approximate surface area is 129 Å². The third kappa shape index (κ3) is 2.98. The van der Waals surface area contributed by atoms with E-state index in [1.165, 1.54) is 0 Å². The molecule has 98 valence electrons. The summed E-state index contributed by atoms with van der Waals surface area (Å²) < 4.78 is 14.4. The molecule has 0 radical (unpaired) electrons. The molecule has 0 bridgehead atoms.